The van der Waals surface area contributed by atoms with Gasteiger partial charge in [-0.15, -0.1) is 11.1 Å². The molecule has 0 rings (SSSR count). The van der Waals surface area contributed by atoms with Crippen LogP contribution in [0.3, 0.4) is 0 Å². The molecule has 0 aromatic carbocycles. The van der Waals surface area contributed by atoms with E-state index in [2.05, 4.69) is 22.4 Å². The summed E-state index contributed by atoms with van der Waals surface area (Å²) in [4.78, 5) is 0. The van der Waals surface area contributed by atoms with Gasteiger partial charge in [0.1, 0.15) is 0 Å². The molecule has 8 heavy (non-hydrogen) atoms. The van der Waals surface area contributed by atoms with Gasteiger partial charge in [0, 0.05) is 0 Å². The highest BCUT2D eigenvalue weighted by Gasteiger charge is 2.13. The summed E-state index contributed by atoms with van der Waals surface area (Å²) in [5.74, 6) is 0. The van der Waals surface area contributed by atoms with Crippen molar-refractivity contribution in [3.8, 4) is 0 Å². The maximum absolute atomic E-state index is 5.95. The van der Waals surface area contributed by atoms with Crippen LogP contribution in [0.5, 0.6) is 0 Å². The molecule has 0 aromatic rings. The molecule has 0 amide bonds. The Morgan fingerprint density at radius 2 is 2.12 bits per heavy atom. The van der Waals surface area contributed by atoms with E-state index < -0.39 is 7.55 Å². The van der Waals surface area contributed by atoms with E-state index in [9.17, 15) is 0 Å². The van der Waals surface area contributed by atoms with Gasteiger partial charge in [0.15, 0.2) is 9.84 Å². The minimum atomic E-state index is -1.43. The van der Waals surface area contributed by atoms with Crippen molar-refractivity contribution in [1.29, 1.82) is 0 Å². The molecule has 0 aliphatic heterocycles. The Labute approximate surface area is 61.7 Å². The van der Waals surface area contributed by atoms with Crippen LogP contribution in [0, 0.1) is 0 Å². The molecule has 0 atom stereocenters. The monoisotopic (exact) mass is 184 g/mol. The lowest BCUT2D eigenvalue weighted by atomic mass is 11.9. The molecule has 0 aliphatic rings. The molecule has 0 aliphatic carbocycles. The summed E-state index contributed by atoms with van der Waals surface area (Å²) in [7, 11) is -0.530. The third-order valence-electron chi connectivity index (χ3n) is 0.686. The van der Waals surface area contributed by atoms with Crippen molar-refractivity contribution < 1.29 is 0 Å². The largest absolute Gasteiger partial charge is 0.360 e. The van der Waals surface area contributed by atoms with Crippen LogP contribution in [-0.4, -0.2) is 27.8 Å². The van der Waals surface area contributed by atoms with Crippen LogP contribution in [0.25, 0.3) is 0 Å². The second kappa shape index (κ2) is 3.81. The van der Waals surface area contributed by atoms with Crippen molar-refractivity contribution in [1.82, 2.24) is 9.30 Å². The minimum Gasteiger partial charge on any atom is -0.360 e. The molecule has 2 N–H and O–H groups in total. The highest BCUT2D eigenvalue weighted by Crippen LogP contribution is 1.99. The first-order valence-electron chi connectivity index (χ1n) is 2.65. The fraction of sp³-hybridized carbons (Fsp3) is 1.00. The Kier molecular flexibility index (Phi) is 4.21. The van der Waals surface area contributed by atoms with Crippen LogP contribution in [0.2, 0.25) is 13.1 Å². The molecule has 6 heteroatoms. The van der Waals surface area contributed by atoms with E-state index in [0.29, 0.717) is 0 Å². The SMILES string of the molecule is C[Si](C)(Cl)N[SiH2]N[SiH3]. The molecule has 0 bridgehead atoms. The fourth-order valence-corrected chi connectivity index (χ4v) is 4.88. The van der Waals surface area contributed by atoms with Crippen molar-refractivity contribution in [2.75, 3.05) is 0 Å². The summed E-state index contributed by atoms with van der Waals surface area (Å²) >= 11 is 5.95. The van der Waals surface area contributed by atoms with Gasteiger partial charge in [-0.3, -0.25) is 0 Å². The van der Waals surface area contributed by atoms with E-state index in [-0.39, 0.29) is 9.84 Å². The van der Waals surface area contributed by atoms with E-state index in [0.717, 1.165) is 10.4 Å². The molecule has 0 spiro atoms. The van der Waals surface area contributed by atoms with Gasteiger partial charge in [0.2, 0.25) is 7.55 Å². The van der Waals surface area contributed by atoms with Gasteiger partial charge in [-0.1, -0.05) is 0 Å². The molecular formula is C2H13ClN2Si3. The second-order valence-corrected chi connectivity index (χ2v) is 12.6. The summed E-state index contributed by atoms with van der Waals surface area (Å²) in [6.45, 7) is 4.20. The number of halogens is 1. The van der Waals surface area contributed by atoms with E-state index >= 15 is 0 Å². The van der Waals surface area contributed by atoms with Crippen LogP contribution in [0.4, 0.5) is 0 Å². The van der Waals surface area contributed by atoms with Crippen LogP contribution in [0.1, 0.15) is 0 Å². The second-order valence-electron chi connectivity index (χ2n) is 2.18. The highest BCUT2D eigenvalue weighted by molar-refractivity contribution is 7.19. The molecule has 0 aromatic heterocycles. The first-order chi connectivity index (χ1) is 3.56. The molecule has 2 nitrogen and oxygen atoms in total. The zero-order chi connectivity index (χ0) is 6.62. The van der Waals surface area contributed by atoms with Crippen molar-refractivity contribution in [3.05, 3.63) is 0 Å². The predicted octanol–water partition coefficient (Wildman–Crippen LogP) is -1.61. The van der Waals surface area contributed by atoms with Gasteiger partial charge in [0.25, 0.3) is 0 Å². The topological polar surface area (TPSA) is 24.1 Å². The number of hydrogen-bond acceptors (Lipinski definition) is 2. The smallest absolute Gasteiger partial charge is 0.214 e. The molecule has 0 heterocycles. The summed E-state index contributed by atoms with van der Waals surface area (Å²) in [6.07, 6.45) is 0. The molecular weight excluding hydrogens is 172 g/mol. The van der Waals surface area contributed by atoms with Crippen LogP contribution in [0.15, 0.2) is 0 Å². The first kappa shape index (κ1) is 8.86. The minimum absolute atomic E-state index is 0.191. The Hall–Kier alpha value is 0.861. The average molecular weight is 185 g/mol. The molecule has 0 fully saturated rings. The van der Waals surface area contributed by atoms with E-state index in [1.54, 1.807) is 0 Å². The van der Waals surface area contributed by atoms with Crippen molar-refractivity contribution in [3.63, 3.8) is 0 Å². The van der Waals surface area contributed by atoms with E-state index in [1.165, 1.54) is 0 Å². The summed E-state index contributed by atoms with van der Waals surface area (Å²) < 4.78 is 6.58. The lowest BCUT2D eigenvalue weighted by Gasteiger charge is -2.13. The maximum atomic E-state index is 5.95. The molecule has 0 unspecified atom stereocenters. The van der Waals surface area contributed by atoms with Crippen LogP contribution < -0.4 is 9.30 Å². The third kappa shape index (κ3) is 6.86. The number of nitrogens with one attached hydrogen (secondary N) is 2. The first-order valence-corrected chi connectivity index (χ1v) is 9.07. The summed E-state index contributed by atoms with van der Waals surface area (Å²) in [6, 6.07) is 0. The third-order valence-corrected chi connectivity index (χ3v) is 7.37. The van der Waals surface area contributed by atoms with Gasteiger partial charge < -0.3 is 9.30 Å². The summed E-state index contributed by atoms with van der Waals surface area (Å²) in [5.41, 5.74) is 0. The normalized spacial score (nSPS) is 13.9. The Morgan fingerprint density at radius 1 is 1.62 bits per heavy atom. The predicted molar refractivity (Wildman–Crippen MR) is 48.1 cm³/mol. The Bertz CT molecular complexity index is 62.8. The quantitative estimate of drug-likeness (QED) is 0.408. The van der Waals surface area contributed by atoms with Gasteiger partial charge >= 0.3 is 0 Å². The Morgan fingerprint density at radius 3 is 2.25 bits per heavy atom. The maximum Gasteiger partial charge on any atom is 0.214 e. The number of hydrogen-bond donors (Lipinski definition) is 2. The lowest BCUT2D eigenvalue weighted by molar-refractivity contribution is 1.40. The van der Waals surface area contributed by atoms with E-state index in [4.69, 9.17) is 11.1 Å². The molecule has 0 saturated heterocycles. The van der Waals surface area contributed by atoms with Crippen molar-refractivity contribution in [2.24, 2.45) is 0 Å². The van der Waals surface area contributed by atoms with E-state index in [1.807, 2.05) is 0 Å². The fourth-order valence-electron chi connectivity index (χ4n) is 0.299. The van der Waals surface area contributed by atoms with Crippen LogP contribution >= 0.6 is 11.1 Å². The zero-order valence-corrected chi connectivity index (χ0v) is 10.8. The van der Waals surface area contributed by atoms with Gasteiger partial charge in [-0.05, 0) is 13.1 Å². The number of rotatable bonds is 3. The molecule has 0 saturated carbocycles. The van der Waals surface area contributed by atoms with Gasteiger partial charge in [0.05, 0.1) is 10.4 Å². The van der Waals surface area contributed by atoms with Gasteiger partial charge in [-0.25, -0.2) is 0 Å². The molecule has 50 valence electrons. The van der Waals surface area contributed by atoms with Crippen molar-refractivity contribution in [2.45, 2.75) is 13.1 Å². The van der Waals surface area contributed by atoms with Gasteiger partial charge in [-0.2, -0.15) is 0 Å². The zero-order valence-electron chi connectivity index (χ0n) is 5.59. The average Bonchev–Trinajstić information content (AvgIpc) is 1.59. The Balaban J connectivity index is 3.11. The summed E-state index contributed by atoms with van der Waals surface area (Å²) in [5, 5.41) is 0. The lowest BCUT2D eigenvalue weighted by Crippen LogP contribution is -2.46. The molecule has 0 radical (unpaired) electrons. The highest BCUT2D eigenvalue weighted by atomic mass is 35.6. The van der Waals surface area contributed by atoms with Crippen molar-refractivity contribution >= 4 is 38.9 Å². The van der Waals surface area contributed by atoms with Crippen LogP contribution in [-0.2, 0) is 0 Å². The standard InChI is InChI=1S/C2H13ClN2Si3/c1-8(2,3)5-7-4-6/h4-5H,7H2,1-2,6H3.